The first kappa shape index (κ1) is 28.1. The first-order valence-electron chi connectivity index (χ1n) is 12.1. The number of rotatable bonds is 8. The van der Waals surface area contributed by atoms with E-state index in [0.29, 0.717) is 19.4 Å². The fourth-order valence-corrected chi connectivity index (χ4v) is 5.39. The molecule has 9 nitrogen and oxygen atoms in total. The number of aromatic nitrogens is 2. The molecule has 1 atom stereocenters. The van der Waals surface area contributed by atoms with Gasteiger partial charge in [-0.2, -0.15) is 21.6 Å². The van der Waals surface area contributed by atoms with Crippen LogP contribution in [0.4, 0.5) is 24.8 Å². The molecule has 0 bridgehead atoms. The molecule has 13 heteroatoms. The quantitative estimate of drug-likeness (QED) is 0.390. The van der Waals surface area contributed by atoms with E-state index >= 15 is 0 Å². The van der Waals surface area contributed by atoms with Gasteiger partial charge in [0, 0.05) is 18.7 Å². The number of anilines is 2. The van der Waals surface area contributed by atoms with E-state index in [9.17, 15) is 31.5 Å². The predicted molar refractivity (Wildman–Crippen MR) is 138 cm³/mol. The fourth-order valence-electron chi connectivity index (χ4n) is 4.42. The van der Waals surface area contributed by atoms with Gasteiger partial charge in [0.15, 0.2) is 5.03 Å². The summed E-state index contributed by atoms with van der Waals surface area (Å²) in [5.74, 6) is -0.848. The average Bonchev–Trinajstić information content (AvgIpc) is 2.88. The number of nitrogens with one attached hydrogen (secondary N) is 1. The van der Waals surface area contributed by atoms with Crippen LogP contribution in [0.15, 0.2) is 59.6 Å². The van der Waals surface area contributed by atoms with Crippen LogP contribution in [0.5, 0.6) is 5.75 Å². The third kappa shape index (κ3) is 6.08. The van der Waals surface area contributed by atoms with Crippen LogP contribution in [-0.4, -0.2) is 49.2 Å². The molecular formula is C26H27F3N4O5S. The summed E-state index contributed by atoms with van der Waals surface area (Å²) in [5, 5.41) is 9.21. The topological polar surface area (TPSA) is 122 Å². The van der Waals surface area contributed by atoms with Crippen molar-refractivity contribution in [3.8, 4) is 17.0 Å². The van der Waals surface area contributed by atoms with Crippen LogP contribution in [0, 0.1) is 5.41 Å². The highest BCUT2D eigenvalue weighted by Gasteiger charge is 2.39. The number of hydrogen-bond acceptors (Lipinski definition) is 7. The van der Waals surface area contributed by atoms with Gasteiger partial charge in [0.2, 0.25) is 0 Å². The number of piperidine rings is 1. The van der Waals surface area contributed by atoms with Gasteiger partial charge in [-0.1, -0.05) is 18.2 Å². The van der Waals surface area contributed by atoms with E-state index in [2.05, 4.69) is 14.7 Å². The number of ether oxygens (including phenoxy) is 1. The molecule has 2 N–H and O–H groups in total. The summed E-state index contributed by atoms with van der Waals surface area (Å²) in [6.45, 7) is 4.16. The summed E-state index contributed by atoms with van der Waals surface area (Å²) >= 11 is 0. The Kier molecular flexibility index (Phi) is 7.73. The smallest absolute Gasteiger partial charge is 0.418 e. The van der Waals surface area contributed by atoms with Crippen molar-refractivity contribution in [2.45, 2.75) is 37.9 Å². The van der Waals surface area contributed by atoms with Crippen molar-refractivity contribution in [1.82, 2.24) is 9.97 Å². The number of sulfonamides is 1. The molecule has 3 aromatic rings. The third-order valence-corrected chi connectivity index (χ3v) is 7.66. The zero-order chi connectivity index (χ0) is 28.4. The van der Waals surface area contributed by atoms with Crippen LogP contribution in [0.1, 0.15) is 32.3 Å². The number of halogens is 3. The SMILES string of the molecule is CCOc1ccccc1-c1nc(NS(=O)(=O)c2cccc(N3CCCC(C)(C(=O)O)C3)n2)ccc1C(F)(F)F. The maximum atomic E-state index is 13.8. The summed E-state index contributed by atoms with van der Waals surface area (Å²) in [7, 11) is -4.37. The molecule has 1 fully saturated rings. The maximum absolute atomic E-state index is 13.8. The minimum absolute atomic E-state index is 0.0550. The molecule has 0 aliphatic carbocycles. The first-order valence-corrected chi connectivity index (χ1v) is 13.6. The van der Waals surface area contributed by atoms with Crippen LogP contribution in [-0.2, 0) is 21.0 Å². The van der Waals surface area contributed by atoms with Gasteiger partial charge in [0.25, 0.3) is 10.0 Å². The summed E-state index contributed by atoms with van der Waals surface area (Å²) in [4.78, 5) is 21.7. The van der Waals surface area contributed by atoms with Crippen molar-refractivity contribution in [2.75, 3.05) is 29.3 Å². The molecule has 2 aromatic heterocycles. The maximum Gasteiger partial charge on any atom is 0.418 e. The normalized spacial score (nSPS) is 18.0. The van der Waals surface area contributed by atoms with Crippen LogP contribution in [0.2, 0.25) is 0 Å². The lowest BCUT2D eigenvalue weighted by Crippen LogP contribution is -2.46. The molecular weight excluding hydrogens is 537 g/mol. The van der Waals surface area contributed by atoms with E-state index in [1.54, 1.807) is 30.9 Å². The standard InChI is InChI=1S/C26H27F3N4O5S/c1-3-38-19-9-5-4-8-17(19)23-18(26(27,28)29)12-13-20(30-23)32-39(36,37)22-11-6-10-21(31-22)33-15-7-14-25(2,16-33)24(34)35/h4-6,8-13H,3,7,14-16H2,1-2H3,(H,30,32)(H,34,35). The minimum Gasteiger partial charge on any atom is -0.493 e. The fraction of sp³-hybridized carbons (Fsp3) is 0.346. The molecule has 1 aliphatic heterocycles. The average molecular weight is 565 g/mol. The second-order valence-corrected chi connectivity index (χ2v) is 11.0. The van der Waals surface area contributed by atoms with E-state index in [1.807, 2.05) is 0 Å². The molecule has 1 aliphatic rings. The molecule has 208 valence electrons. The predicted octanol–water partition coefficient (Wildman–Crippen LogP) is 5.05. The number of carbonyl (C=O) groups is 1. The van der Waals surface area contributed by atoms with Gasteiger partial charge >= 0.3 is 12.1 Å². The molecule has 0 radical (unpaired) electrons. The lowest BCUT2D eigenvalue weighted by Gasteiger charge is -2.38. The molecule has 0 saturated carbocycles. The Labute approximate surface area is 223 Å². The van der Waals surface area contributed by atoms with E-state index in [1.165, 1.54) is 30.3 Å². The summed E-state index contributed by atoms with van der Waals surface area (Å²) < 4.78 is 75.6. The highest BCUT2D eigenvalue weighted by atomic mass is 32.2. The number of aliphatic carboxylic acids is 1. The molecule has 1 aromatic carbocycles. The number of nitrogens with zero attached hydrogens (tertiary/aromatic N) is 3. The van der Waals surface area contributed by atoms with Crippen molar-refractivity contribution in [1.29, 1.82) is 0 Å². The third-order valence-electron chi connectivity index (χ3n) is 6.40. The number of carboxylic acids is 1. The van der Waals surface area contributed by atoms with Crippen LogP contribution >= 0.6 is 0 Å². The number of alkyl halides is 3. The zero-order valence-corrected chi connectivity index (χ0v) is 22.0. The van der Waals surface area contributed by atoms with Gasteiger partial charge in [-0.25, -0.2) is 9.97 Å². The van der Waals surface area contributed by atoms with Gasteiger partial charge in [-0.3, -0.25) is 9.52 Å². The largest absolute Gasteiger partial charge is 0.493 e. The van der Waals surface area contributed by atoms with Crippen molar-refractivity contribution in [3.05, 3.63) is 60.2 Å². The molecule has 0 spiro atoms. The lowest BCUT2D eigenvalue weighted by molar-refractivity contribution is -0.148. The van der Waals surface area contributed by atoms with Crippen LogP contribution < -0.4 is 14.4 Å². The van der Waals surface area contributed by atoms with E-state index < -0.39 is 38.8 Å². The number of pyridine rings is 2. The molecule has 1 unspecified atom stereocenters. The number of carboxylic acid groups (broad SMARTS) is 1. The van der Waals surface area contributed by atoms with E-state index in [-0.39, 0.29) is 41.1 Å². The Morgan fingerprint density at radius 2 is 1.87 bits per heavy atom. The highest BCUT2D eigenvalue weighted by molar-refractivity contribution is 7.92. The van der Waals surface area contributed by atoms with Gasteiger partial charge in [-0.05, 0) is 63.1 Å². The Morgan fingerprint density at radius 1 is 1.13 bits per heavy atom. The van der Waals surface area contributed by atoms with Crippen LogP contribution in [0.3, 0.4) is 0 Å². The molecule has 1 saturated heterocycles. The zero-order valence-electron chi connectivity index (χ0n) is 21.2. The van der Waals surface area contributed by atoms with Crippen molar-refractivity contribution in [3.63, 3.8) is 0 Å². The van der Waals surface area contributed by atoms with Crippen LogP contribution in [0.25, 0.3) is 11.3 Å². The Balaban J connectivity index is 1.68. The van der Waals surface area contributed by atoms with E-state index in [4.69, 9.17) is 4.74 Å². The molecule has 39 heavy (non-hydrogen) atoms. The minimum atomic E-state index is -4.76. The molecule has 0 amide bonds. The summed E-state index contributed by atoms with van der Waals surface area (Å²) in [6.07, 6.45) is -3.69. The Morgan fingerprint density at radius 3 is 2.56 bits per heavy atom. The monoisotopic (exact) mass is 564 g/mol. The second-order valence-electron chi connectivity index (χ2n) is 9.35. The number of para-hydroxylation sites is 1. The Hall–Kier alpha value is -3.87. The van der Waals surface area contributed by atoms with Gasteiger partial charge in [0.05, 0.1) is 23.3 Å². The number of hydrogen-bond donors (Lipinski definition) is 2. The summed E-state index contributed by atoms with van der Waals surface area (Å²) in [6, 6.07) is 12.0. The van der Waals surface area contributed by atoms with Crippen molar-refractivity contribution < 1.29 is 36.2 Å². The van der Waals surface area contributed by atoms with Crippen molar-refractivity contribution in [2.24, 2.45) is 5.41 Å². The molecule has 4 rings (SSSR count). The van der Waals surface area contributed by atoms with E-state index in [0.717, 1.165) is 12.1 Å². The Bertz CT molecular complexity index is 1480. The highest BCUT2D eigenvalue weighted by Crippen LogP contribution is 2.40. The van der Waals surface area contributed by atoms with Gasteiger partial charge < -0.3 is 14.7 Å². The van der Waals surface area contributed by atoms with Gasteiger partial charge in [-0.15, -0.1) is 0 Å². The lowest BCUT2D eigenvalue weighted by atomic mass is 9.82. The number of benzene rings is 1. The first-order chi connectivity index (χ1) is 18.3. The second kappa shape index (κ2) is 10.7. The summed E-state index contributed by atoms with van der Waals surface area (Å²) in [5.41, 5.74) is -2.50. The molecule has 3 heterocycles. The van der Waals surface area contributed by atoms with Gasteiger partial charge in [0.1, 0.15) is 17.4 Å². The van der Waals surface area contributed by atoms with Crippen molar-refractivity contribution >= 4 is 27.6 Å².